The van der Waals surface area contributed by atoms with E-state index in [1.165, 1.54) is 0 Å². The van der Waals surface area contributed by atoms with Crippen LogP contribution in [0.15, 0.2) is 0 Å². The second kappa shape index (κ2) is 3.79. The molecule has 4 heteroatoms. The van der Waals surface area contributed by atoms with Gasteiger partial charge in [-0.1, -0.05) is 0 Å². The molecule has 0 radical (unpaired) electrons. The molecule has 0 heterocycles. The molecule has 0 bridgehead atoms. The zero-order valence-electron chi connectivity index (χ0n) is 5.51. The van der Waals surface area contributed by atoms with Gasteiger partial charge in [-0.2, -0.15) is 0 Å². The number of aliphatic hydroxyl groups is 1. The van der Waals surface area contributed by atoms with E-state index in [2.05, 4.69) is 0 Å². The fourth-order valence-corrected chi connectivity index (χ4v) is 0.444. The molecule has 0 aromatic carbocycles. The van der Waals surface area contributed by atoms with Gasteiger partial charge < -0.3 is 22.3 Å². The van der Waals surface area contributed by atoms with E-state index in [0.717, 1.165) is 0 Å². The lowest BCUT2D eigenvalue weighted by molar-refractivity contribution is 0.146. The Morgan fingerprint density at radius 3 is 1.33 bits per heavy atom. The molecule has 0 rings (SSSR count). The maximum Gasteiger partial charge on any atom is 0.0523 e. The summed E-state index contributed by atoms with van der Waals surface area (Å²) in [6, 6.07) is 0. The summed E-state index contributed by atoms with van der Waals surface area (Å²) >= 11 is 0. The summed E-state index contributed by atoms with van der Waals surface area (Å²) in [5.74, 6) is 0. The lowest BCUT2D eigenvalue weighted by atomic mass is 9.90. The molecular weight excluding hydrogens is 118 g/mol. The molecule has 0 fully saturated rings. The third kappa shape index (κ3) is 1.91. The highest BCUT2D eigenvalue weighted by molar-refractivity contribution is 4.81. The zero-order valence-corrected chi connectivity index (χ0v) is 5.51. The third-order valence-electron chi connectivity index (χ3n) is 1.63. The normalized spacial score (nSPS) is 12.0. The van der Waals surface area contributed by atoms with E-state index in [0.29, 0.717) is 19.6 Å². The molecule has 0 saturated heterocycles. The molecule has 0 aliphatic carbocycles. The molecule has 0 atom stereocenters. The molecule has 0 aromatic rings. The van der Waals surface area contributed by atoms with Crippen molar-refractivity contribution >= 4 is 0 Å². The first kappa shape index (κ1) is 8.84. The van der Waals surface area contributed by atoms with Gasteiger partial charge in [-0.05, 0) is 0 Å². The Morgan fingerprint density at radius 2 is 1.33 bits per heavy atom. The predicted octanol–water partition coefficient (Wildman–Crippen LogP) is -2.16. The van der Waals surface area contributed by atoms with Crippen LogP contribution in [0.4, 0.5) is 0 Å². The van der Waals surface area contributed by atoms with Gasteiger partial charge in [0, 0.05) is 25.0 Å². The number of hydrogen-bond donors (Lipinski definition) is 4. The van der Waals surface area contributed by atoms with Gasteiger partial charge in [-0.25, -0.2) is 0 Å². The van der Waals surface area contributed by atoms with Crippen LogP contribution in [0.1, 0.15) is 0 Å². The minimum Gasteiger partial charge on any atom is -0.396 e. The van der Waals surface area contributed by atoms with E-state index in [-0.39, 0.29) is 6.61 Å². The second-order valence-electron chi connectivity index (χ2n) is 2.27. The highest BCUT2D eigenvalue weighted by Crippen LogP contribution is 2.08. The van der Waals surface area contributed by atoms with Crippen molar-refractivity contribution in [2.24, 2.45) is 22.6 Å². The van der Waals surface area contributed by atoms with Crippen molar-refractivity contribution in [3.63, 3.8) is 0 Å². The van der Waals surface area contributed by atoms with Crippen LogP contribution in [0.25, 0.3) is 0 Å². The summed E-state index contributed by atoms with van der Waals surface area (Å²) in [5.41, 5.74) is 15.5. The zero-order chi connectivity index (χ0) is 7.33. The van der Waals surface area contributed by atoms with Crippen LogP contribution >= 0.6 is 0 Å². The molecule has 0 unspecified atom stereocenters. The Balaban J connectivity index is 3.82. The van der Waals surface area contributed by atoms with Crippen LogP contribution in [-0.4, -0.2) is 31.3 Å². The van der Waals surface area contributed by atoms with Crippen molar-refractivity contribution in [3.8, 4) is 0 Å². The van der Waals surface area contributed by atoms with Crippen LogP contribution in [0.2, 0.25) is 0 Å². The number of nitrogens with two attached hydrogens (primary N) is 3. The van der Waals surface area contributed by atoms with Gasteiger partial charge in [0.2, 0.25) is 0 Å². The first-order valence-corrected chi connectivity index (χ1v) is 2.96. The average Bonchev–Trinajstić information content (AvgIpc) is 1.95. The first-order chi connectivity index (χ1) is 4.24. The highest BCUT2D eigenvalue weighted by atomic mass is 16.3. The molecule has 0 aromatic heterocycles. The van der Waals surface area contributed by atoms with Crippen molar-refractivity contribution in [1.82, 2.24) is 0 Å². The largest absolute Gasteiger partial charge is 0.396 e. The molecule has 0 spiro atoms. The second-order valence-corrected chi connectivity index (χ2v) is 2.27. The third-order valence-corrected chi connectivity index (χ3v) is 1.63. The quantitative estimate of drug-likeness (QED) is 0.351. The Hall–Kier alpha value is -0.160. The molecule has 0 aliphatic heterocycles. The van der Waals surface area contributed by atoms with Gasteiger partial charge in [0.25, 0.3) is 0 Å². The van der Waals surface area contributed by atoms with E-state index in [9.17, 15) is 0 Å². The van der Waals surface area contributed by atoms with E-state index in [1.807, 2.05) is 0 Å². The maximum atomic E-state index is 8.74. The Morgan fingerprint density at radius 1 is 1.00 bits per heavy atom. The van der Waals surface area contributed by atoms with Gasteiger partial charge in [0.15, 0.2) is 0 Å². The van der Waals surface area contributed by atoms with Crippen LogP contribution in [-0.2, 0) is 0 Å². The summed E-state index contributed by atoms with van der Waals surface area (Å²) < 4.78 is 0. The first-order valence-electron chi connectivity index (χ1n) is 2.96. The van der Waals surface area contributed by atoms with Crippen molar-refractivity contribution in [1.29, 1.82) is 0 Å². The van der Waals surface area contributed by atoms with Crippen LogP contribution in [0, 0.1) is 5.41 Å². The van der Waals surface area contributed by atoms with Gasteiger partial charge >= 0.3 is 0 Å². The van der Waals surface area contributed by atoms with E-state index >= 15 is 0 Å². The van der Waals surface area contributed by atoms with Gasteiger partial charge in [-0.15, -0.1) is 0 Å². The summed E-state index contributed by atoms with van der Waals surface area (Å²) in [7, 11) is 0. The molecular formula is C5H15N3O. The molecule has 0 aliphatic rings. The Labute approximate surface area is 55.0 Å². The summed E-state index contributed by atoms with van der Waals surface area (Å²) in [6.45, 7) is 1.00. The minimum absolute atomic E-state index is 0.0312. The lowest BCUT2D eigenvalue weighted by Gasteiger charge is -2.26. The van der Waals surface area contributed by atoms with Gasteiger partial charge in [-0.3, -0.25) is 0 Å². The SMILES string of the molecule is NCC(CN)(CN)CO. The van der Waals surface area contributed by atoms with Gasteiger partial charge in [0.05, 0.1) is 6.61 Å². The van der Waals surface area contributed by atoms with Crippen molar-refractivity contribution in [2.45, 2.75) is 0 Å². The Kier molecular flexibility index (Phi) is 3.72. The number of rotatable bonds is 4. The van der Waals surface area contributed by atoms with Crippen LogP contribution < -0.4 is 17.2 Å². The highest BCUT2D eigenvalue weighted by Gasteiger charge is 2.23. The summed E-state index contributed by atoms with van der Waals surface area (Å²) in [5, 5.41) is 8.74. The average molecular weight is 133 g/mol. The molecule has 0 amide bonds. The van der Waals surface area contributed by atoms with E-state index < -0.39 is 5.41 Å². The van der Waals surface area contributed by atoms with E-state index in [1.54, 1.807) is 0 Å². The molecule has 0 saturated carbocycles. The smallest absolute Gasteiger partial charge is 0.0523 e. The molecule has 9 heavy (non-hydrogen) atoms. The lowest BCUT2D eigenvalue weighted by Crippen LogP contribution is -2.46. The predicted molar refractivity (Wildman–Crippen MR) is 36.7 cm³/mol. The van der Waals surface area contributed by atoms with Crippen LogP contribution in [0.3, 0.4) is 0 Å². The topological polar surface area (TPSA) is 98.3 Å². The molecule has 56 valence electrons. The van der Waals surface area contributed by atoms with Crippen molar-refractivity contribution in [2.75, 3.05) is 26.2 Å². The fourth-order valence-electron chi connectivity index (χ4n) is 0.444. The van der Waals surface area contributed by atoms with Crippen molar-refractivity contribution < 1.29 is 5.11 Å². The summed E-state index contributed by atoms with van der Waals surface area (Å²) in [4.78, 5) is 0. The Bertz CT molecular complexity index is 55.1. The van der Waals surface area contributed by atoms with Gasteiger partial charge in [0.1, 0.15) is 0 Å². The monoisotopic (exact) mass is 133 g/mol. The van der Waals surface area contributed by atoms with Crippen molar-refractivity contribution in [3.05, 3.63) is 0 Å². The minimum atomic E-state index is -0.444. The van der Waals surface area contributed by atoms with E-state index in [4.69, 9.17) is 22.3 Å². The molecule has 4 nitrogen and oxygen atoms in total. The number of aliphatic hydroxyl groups excluding tert-OH is 1. The summed E-state index contributed by atoms with van der Waals surface area (Å²) in [6.07, 6.45) is 0. The maximum absolute atomic E-state index is 8.74. The standard InChI is InChI=1S/C5H15N3O/c6-1-5(2-7,3-8)4-9/h9H,1-4,6-8H2. The van der Waals surface area contributed by atoms with Crippen LogP contribution in [0.5, 0.6) is 0 Å². The molecule has 7 N–H and O–H groups in total. The number of hydrogen-bond acceptors (Lipinski definition) is 4. The fraction of sp³-hybridized carbons (Fsp3) is 1.00.